The Balaban J connectivity index is 1.54. The van der Waals surface area contributed by atoms with E-state index in [0.717, 1.165) is 11.3 Å². The number of hydrogen-bond donors (Lipinski definition) is 2. The Hall–Kier alpha value is -2.53. The van der Waals surface area contributed by atoms with Gasteiger partial charge in [-0.25, -0.2) is 9.97 Å². The van der Waals surface area contributed by atoms with E-state index in [1.54, 1.807) is 24.4 Å². The largest absolute Gasteiger partial charge is 0.388 e. The summed E-state index contributed by atoms with van der Waals surface area (Å²) in [4.78, 5) is 8.75. The number of benzene rings is 1. The highest BCUT2D eigenvalue weighted by atomic mass is 16.6. The van der Waals surface area contributed by atoms with Gasteiger partial charge in [0.2, 0.25) is 5.95 Å². The van der Waals surface area contributed by atoms with Crippen molar-refractivity contribution in [1.29, 1.82) is 5.26 Å². The maximum Gasteiger partial charge on any atom is 0.223 e. The van der Waals surface area contributed by atoms with E-state index in [2.05, 4.69) is 21.4 Å². The number of anilines is 1. The second-order valence-electron chi connectivity index (χ2n) is 5.87. The molecule has 1 aromatic carbocycles. The van der Waals surface area contributed by atoms with Crippen molar-refractivity contribution in [3.05, 3.63) is 42.1 Å². The molecule has 24 heavy (non-hydrogen) atoms. The van der Waals surface area contributed by atoms with Crippen molar-refractivity contribution in [1.82, 2.24) is 9.97 Å². The van der Waals surface area contributed by atoms with Crippen LogP contribution in [0.4, 0.5) is 5.95 Å². The number of nitrogens with one attached hydrogen (secondary N) is 1. The van der Waals surface area contributed by atoms with Crippen LogP contribution in [0.1, 0.15) is 5.56 Å². The third-order valence-electron chi connectivity index (χ3n) is 4.28. The van der Waals surface area contributed by atoms with Crippen LogP contribution in [-0.4, -0.2) is 52.6 Å². The maximum atomic E-state index is 9.79. The van der Waals surface area contributed by atoms with E-state index in [0.29, 0.717) is 18.1 Å². The van der Waals surface area contributed by atoms with Crippen LogP contribution in [0.25, 0.3) is 11.3 Å². The summed E-state index contributed by atoms with van der Waals surface area (Å²) >= 11 is 0. The monoisotopic (exact) mass is 324 g/mol. The standard InChI is InChI=1S/C17H16N4O3/c18-7-10-2-1-3-11(6-10)12-4-5-19-17(20-12)21-13-8-23-16-14(22)9-24-15(13)16/h1-6,13-16,22H,8-9H2,(H,19,20,21)/t13-,14+,15+,16+/m0/s1. The number of ether oxygens (including phenoxy) is 2. The van der Waals surface area contributed by atoms with Crippen molar-refractivity contribution in [3.8, 4) is 17.3 Å². The Bertz CT molecular complexity index is 791. The maximum absolute atomic E-state index is 9.79. The Kier molecular flexibility index (Phi) is 3.86. The van der Waals surface area contributed by atoms with Crippen LogP contribution < -0.4 is 5.32 Å². The van der Waals surface area contributed by atoms with E-state index >= 15 is 0 Å². The molecule has 122 valence electrons. The van der Waals surface area contributed by atoms with Crippen molar-refractivity contribution in [2.75, 3.05) is 18.5 Å². The molecule has 0 amide bonds. The van der Waals surface area contributed by atoms with Gasteiger partial charge in [-0.05, 0) is 18.2 Å². The summed E-state index contributed by atoms with van der Waals surface area (Å²) in [7, 11) is 0. The van der Waals surface area contributed by atoms with Gasteiger partial charge in [0, 0.05) is 11.8 Å². The molecule has 2 aliphatic rings. The Labute approximate surface area is 138 Å². The quantitative estimate of drug-likeness (QED) is 0.867. The molecule has 4 atom stereocenters. The minimum Gasteiger partial charge on any atom is -0.388 e. The molecule has 0 saturated carbocycles. The van der Waals surface area contributed by atoms with Crippen LogP contribution >= 0.6 is 0 Å². The zero-order valence-corrected chi connectivity index (χ0v) is 12.8. The van der Waals surface area contributed by atoms with Gasteiger partial charge >= 0.3 is 0 Å². The molecule has 0 unspecified atom stereocenters. The average molecular weight is 324 g/mol. The van der Waals surface area contributed by atoms with E-state index < -0.39 is 6.10 Å². The fourth-order valence-corrected chi connectivity index (χ4v) is 3.11. The molecule has 7 nitrogen and oxygen atoms in total. The first kappa shape index (κ1) is 15.0. The molecule has 2 fully saturated rings. The lowest BCUT2D eigenvalue weighted by molar-refractivity contribution is 0.0184. The molecular formula is C17H16N4O3. The van der Waals surface area contributed by atoms with Gasteiger partial charge in [0.1, 0.15) is 18.3 Å². The van der Waals surface area contributed by atoms with Gasteiger partial charge < -0.3 is 19.9 Å². The van der Waals surface area contributed by atoms with Gasteiger partial charge in [0.15, 0.2) is 0 Å². The first-order chi connectivity index (χ1) is 11.7. The van der Waals surface area contributed by atoms with E-state index in [4.69, 9.17) is 14.7 Å². The van der Waals surface area contributed by atoms with E-state index in [9.17, 15) is 5.11 Å². The minimum absolute atomic E-state index is 0.104. The summed E-state index contributed by atoms with van der Waals surface area (Å²) in [6.07, 6.45) is 0.594. The molecule has 7 heteroatoms. The normalized spacial score (nSPS) is 28.3. The molecule has 0 spiro atoms. The lowest BCUT2D eigenvalue weighted by Crippen LogP contribution is -2.36. The summed E-state index contributed by atoms with van der Waals surface area (Å²) in [6, 6.07) is 11.1. The highest BCUT2D eigenvalue weighted by Crippen LogP contribution is 2.28. The van der Waals surface area contributed by atoms with Crippen LogP contribution in [0, 0.1) is 11.3 Å². The minimum atomic E-state index is -0.581. The summed E-state index contributed by atoms with van der Waals surface area (Å²) < 4.78 is 11.2. The molecule has 0 radical (unpaired) electrons. The number of rotatable bonds is 3. The van der Waals surface area contributed by atoms with Gasteiger partial charge in [-0.3, -0.25) is 0 Å². The predicted molar refractivity (Wildman–Crippen MR) is 85.1 cm³/mol. The Morgan fingerprint density at radius 3 is 2.96 bits per heavy atom. The topological polar surface area (TPSA) is 100 Å². The summed E-state index contributed by atoms with van der Waals surface area (Å²) in [5.74, 6) is 0.467. The third-order valence-corrected chi connectivity index (χ3v) is 4.28. The lowest BCUT2D eigenvalue weighted by Gasteiger charge is -2.17. The van der Waals surface area contributed by atoms with E-state index in [1.165, 1.54) is 0 Å². The predicted octanol–water partition coefficient (Wildman–Crippen LogP) is 0.954. The molecule has 2 aliphatic heterocycles. The van der Waals surface area contributed by atoms with E-state index in [1.807, 2.05) is 12.1 Å². The molecule has 0 bridgehead atoms. The van der Waals surface area contributed by atoms with Crippen LogP contribution in [-0.2, 0) is 9.47 Å². The lowest BCUT2D eigenvalue weighted by atomic mass is 10.1. The fraction of sp³-hybridized carbons (Fsp3) is 0.353. The zero-order chi connectivity index (χ0) is 16.5. The van der Waals surface area contributed by atoms with Gasteiger partial charge in [0.25, 0.3) is 0 Å². The van der Waals surface area contributed by atoms with Crippen LogP contribution in [0.5, 0.6) is 0 Å². The molecule has 2 N–H and O–H groups in total. The number of nitriles is 1. The van der Waals surface area contributed by atoms with Crippen molar-refractivity contribution in [2.24, 2.45) is 0 Å². The summed E-state index contributed by atoms with van der Waals surface area (Å²) in [6.45, 7) is 0.721. The SMILES string of the molecule is N#Cc1cccc(-c2ccnc(N[C@H]3CO[C@H]4[C@@H]3OC[C@H]4O)n2)c1. The number of nitrogens with zero attached hydrogens (tertiary/aromatic N) is 3. The van der Waals surface area contributed by atoms with Crippen LogP contribution in [0.3, 0.4) is 0 Å². The van der Waals surface area contributed by atoms with Gasteiger partial charge in [-0.2, -0.15) is 5.26 Å². The number of fused-ring (bicyclic) bond motifs is 1. The van der Waals surface area contributed by atoms with Crippen LogP contribution in [0.15, 0.2) is 36.5 Å². The molecule has 0 aliphatic carbocycles. The Morgan fingerprint density at radius 1 is 1.21 bits per heavy atom. The molecule has 4 rings (SSSR count). The molecule has 1 aromatic heterocycles. The summed E-state index contributed by atoms with van der Waals surface area (Å²) in [5, 5.41) is 22.0. The van der Waals surface area contributed by atoms with Crippen molar-refractivity contribution < 1.29 is 14.6 Å². The average Bonchev–Trinajstić information content (AvgIpc) is 3.19. The molecule has 3 heterocycles. The first-order valence-corrected chi connectivity index (χ1v) is 7.76. The van der Waals surface area contributed by atoms with Crippen molar-refractivity contribution >= 4 is 5.95 Å². The molecule has 2 aromatic rings. The van der Waals surface area contributed by atoms with Crippen molar-refractivity contribution in [3.63, 3.8) is 0 Å². The summed E-state index contributed by atoms with van der Waals surface area (Å²) in [5.41, 5.74) is 2.17. The highest BCUT2D eigenvalue weighted by molar-refractivity contribution is 5.62. The zero-order valence-electron chi connectivity index (χ0n) is 12.8. The van der Waals surface area contributed by atoms with Crippen LogP contribution in [0.2, 0.25) is 0 Å². The van der Waals surface area contributed by atoms with Gasteiger partial charge in [-0.1, -0.05) is 12.1 Å². The fourth-order valence-electron chi connectivity index (χ4n) is 3.11. The number of hydrogen-bond acceptors (Lipinski definition) is 7. The van der Waals surface area contributed by atoms with Crippen molar-refractivity contribution in [2.45, 2.75) is 24.4 Å². The molecular weight excluding hydrogens is 308 g/mol. The second-order valence-corrected chi connectivity index (χ2v) is 5.87. The van der Waals surface area contributed by atoms with Gasteiger partial charge in [-0.15, -0.1) is 0 Å². The van der Waals surface area contributed by atoms with Gasteiger partial charge in [0.05, 0.1) is 36.6 Å². The van der Waals surface area contributed by atoms with E-state index in [-0.39, 0.29) is 24.9 Å². The highest BCUT2D eigenvalue weighted by Gasteiger charge is 2.47. The third kappa shape index (κ3) is 2.71. The first-order valence-electron chi connectivity index (χ1n) is 7.76. The molecule has 2 saturated heterocycles. The second kappa shape index (κ2) is 6.17. The smallest absolute Gasteiger partial charge is 0.223 e. The number of aromatic nitrogens is 2. The Morgan fingerprint density at radius 2 is 2.08 bits per heavy atom. The number of aliphatic hydroxyl groups is 1. The number of aliphatic hydroxyl groups excluding tert-OH is 1.